The van der Waals surface area contributed by atoms with Crippen molar-refractivity contribution in [3.63, 3.8) is 0 Å². The zero-order valence-electron chi connectivity index (χ0n) is 10.7. The molecule has 1 unspecified atom stereocenters. The van der Waals surface area contributed by atoms with Crippen LogP contribution in [0.3, 0.4) is 0 Å². The molecule has 0 aromatic heterocycles. The van der Waals surface area contributed by atoms with Gasteiger partial charge in [0.25, 0.3) is 0 Å². The topological polar surface area (TPSA) is 70.2 Å². The standard InChI is InChI=1S/C11H21N3O2S.ClH/c1-2-3-13-11(16)7-14-10(15)6-9-8-17-5-4-12-9;/h9,12H,2-8H2,1H3,(H,13,16)(H,14,15);1H. The summed E-state index contributed by atoms with van der Waals surface area (Å²) in [5, 5.41) is 8.65. The molecule has 0 saturated carbocycles. The molecule has 0 bridgehead atoms. The Bertz CT molecular complexity index is 261. The molecule has 18 heavy (non-hydrogen) atoms. The summed E-state index contributed by atoms with van der Waals surface area (Å²) in [7, 11) is 0. The van der Waals surface area contributed by atoms with E-state index in [9.17, 15) is 9.59 Å². The van der Waals surface area contributed by atoms with Gasteiger partial charge in [-0.15, -0.1) is 12.4 Å². The summed E-state index contributed by atoms with van der Waals surface area (Å²) in [4.78, 5) is 22.8. The van der Waals surface area contributed by atoms with Crippen LogP contribution >= 0.6 is 24.2 Å². The summed E-state index contributed by atoms with van der Waals surface area (Å²) >= 11 is 1.86. The van der Waals surface area contributed by atoms with E-state index in [0.29, 0.717) is 13.0 Å². The first-order valence-corrected chi connectivity index (χ1v) is 7.22. The van der Waals surface area contributed by atoms with Gasteiger partial charge >= 0.3 is 0 Å². The van der Waals surface area contributed by atoms with Crippen molar-refractivity contribution in [2.45, 2.75) is 25.8 Å². The van der Waals surface area contributed by atoms with Crippen LogP contribution in [0, 0.1) is 0 Å². The molecule has 1 rings (SSSR count). The maximum Gasteiger partial charge on any atom is 0.239 e. The number of amides is 2. The van der Waals surface area contributed by atoms with Gasteiger partial charge < -0.3 is 16.0 Å². The number of rotatable bonds is 6. The Morgan fingerprint density at radius 2 is 2.11 bits per heavy atom. The lowest BCUT2D eigenvalue weighted by Crippen LogP contribution is -2.43. The van der Waals surface area contributed by atoms with Crippen molar-refractivity contribution in [1.82, 2.24) is 16.0 Å². The Kier molecular flexibility index (Phi) is 10.2. The van der Waals surface area contributed by atoms with Gasteiger partial charge in [0, 0.05) is 37.1 Å². The summed E-state index contributed by atoms with van der Waals surface area (Å²) in [6, 6.07) is 0.243. The van der Waals surface area contributed by atoms with Crippen molar-refractivity contribution in [3.8, 4) is 0 Å². The van der Waals surface area contributed by atoms with Crippen molar-refractivity contribution >= 4 is 36.0 Å². The number of halogens is 1. The number of hydrogen-bond donors (Lipinski definition) is 3. The van der Waals surface area contributed by atoms with Gasteiger partial charge in [-0.3, -0.25) is 9.59 Å². The normalized spacial score (nSPS) is 18.6. The lowest BCUT2D eigenvalue weighted by Gasteiger charge is -2.22. The molecular weight excluding hydrogens is 274 g/mol. The van der Waals surface area contributed by atoms with Gasteiger partial charge in [-0.2, -0.15) is 11.8 Å². The van der Waals surface area contributed by atoms with E-state index in [1.807, 2.05) is 18.7 Å². The quantitative estimate of drug-likeness (QED) is 0.652. The fourth-order valence-corrected chi connectivity index (χ4v) is 2.50. The first kappa shape index (κ1) is 17.5. The SMILES string of the molecule is CCCNC(=O)CNC(=O)CC1CSCCN1.Cl. The van der Waals surface area contributed by atoms with Crippen LogP contribution in [0.25, 0.3) is 0 Å². The van der Waals surface area contributed by atoms with E-state index in [2.05, 4.69) is 16.0 Å². The second kappa shape index (κ2) is 10.5. The van der Waals surface area contributed by atoms with Gasteiger partial charge in [-0.05, 0) is 6.42 Å². The molecular formula is C11H22ClN3O2S. The average Bonchev–Trinajstić information content (AvgIpc) is 2.35. The third-order valence-electron chi connectivity index (χ3n) is 2.45. The minimum absolute atomic E-state index is 0. The van der Waals surface area contributed by atoms with Gasteiger partial charge in [-0.1, -0.05) is 6.92 Å². The monoisotopic (exact) mass is 295 g/mol. The van der Waals surface area contributed by atoms with Crippen LogP contribution < -0.4 is 16.0 Å². The fraction of sp³-hybridized carbons (Fsp3) is 0.818. The van der Waals surface area contributed by atoms with Crippen LogP contribution in [0.5, 0.6) is 0 Å². The third kappa shape index (κ3) is 7.79. The van der Waals surface area contributed by atoms with E-state index in [4.69, 9.17) is 0 Å². The number of carbonyl (C=O) groups excluding carboxylic acids is 2. The molecule has 5 nitrogen and oxygen atoms in total. The lowest BCUT2D eigenvalue weighted by atomic mass is 10.2. The second-order valence-corrected chi connectivity index (χ2v) is 5.21. The minimum atomic E-state index is -0.119. The maximum absolute atomic E-state index is 11.5. The predicted molar refractivity (Wildman–Crippen MR) is 77.3 cm³/mol. The van der Waals surface area contributed by atoms with Crippen molar-refractivity contribution in [1.29, 1.82) is 0 Å². The highest BCUT2D eigenvalue weighted by atomic mass is 35.5. The predicted octanol–water partition coefficient (Wildman–Crippen LogP) is 0.146. The third-order valence-corrected chi connectivity index (χ3v) is 3.58. The molecule has 1 fully saturated rings. The molecule has 3 N–H and O–H groups in total. The zero-order chi connectivity index (χ0) is 12.5. The summed E-state index contributed by atoms with van der Waals surface area (Å²) < 4.78 is 0. The Hall–Kier alpha value is -0.460. The molecule has 1 atom stereocenters. The van der Waals surface area contributed by atoms with Crippen LogP contribution in [-0.4, -0.2) is 49.0 Å². The Morgan fingerprint density at radius 1 is 1.33 bits per heavy atom. The highest BCUT2D eigenvalue weighted by Gasteiger charge is 2.16. The Morgan fingerprint density at radius 3 is 2.72 bits per heavy atom. The maximum atomic E-state index is 11.5. The summed E-state index contributed by atoms with van der Waals surface area (Å²) in [6.45, 7) is 3.69. The number of nitrogens with one attached hydrogen (secondary N) is 3. The van der Waals surface area contributed by atoms with Crippen molar-refractivity contribution < 1.29 is 9.59 Å². The van der Waals surface area contributed by atoms with Gasteiger partial charge in [0.15, 0.2) is 0 Å². The van der Waals surface area contributed by atoms with Gasteiger partial charge in [0.05, 0.1) is 6.54 Å². The summed E-state index contributed by atoms with van der Waals surface area (Å²) in [6.07, 6.45) is 1.36. The van der Waals surface area contributed by atoms with Crippen molar-refractivity contribution in [2.24, 2.45) is 0 Å². The molecule has 0 aromatic carbocycles. The molecule has 7 heteroatoms. The Balaban J connectivity index is 0.00000289. The largest absolute Gasteiger partial charge is 0.355 e. The molecule has 1 aliphatic rings. The van der Waals surface area contributed by atoms with Gasteiger partial charge in [-0.25, -0.2) is 0 Å². The van der Waals surface area contributed by atoms with E-state index in [1.165, 1.54) is 0 Å². The van der Waals surface area contributed by atoms with E-state index < -0.39 is 0 Å². The zero-order valence-corrected chi connectivity index (χ0v) is 12.3. The second-order valence-electron chi connectivity index (χ2n) is 4.06. The smallest absolute Gasteiger partial charge is 0.239 e. The van der Waals surface area contributed by atoms with E-state index in [-0.39, 0.29) is 36.8 Å². The fourth-order valence-electron chi connectivity index (χ4n) is 1.55. The van der Waals surface area contributed by atoms with E-state index in [0.717, 1.165) is 24.5 Å². The highest BCUT2D eigenvalue weighted by molar-refractivity contribution is 7.99. The van der Waals surface area contributed by atoms with Crippen LogP contribution in [0.4, 0.5) is 0 Å². The minimum Gasteiger partial charge on any atom is -0.355 e. The Labute approximate surface area is 119 Å². The molecule has 106 valence electrons. The molecule has 0 spiro atoms. The van der Waals surface area contributed by atoms with Gasteiger partial charge in [0.2, 0.25) is 11.8 Å². The molecule has 2 amide bonds. The molecule has 1 heterocycles. The molecule has 0 aromatic rings. The van der Waals surface area contributed by atoms with Crippen molar-refractivity contribution in [3.05, 3.63) is 0 Å². The highest BCUT2D eigenvalue weighted by Crippen LogP contribution is 2.09. The number of hydrogen-bond acceptors (Lipinski definition) is 4. The van der Waals surface area contributed by atoms with Crippen LogP contribution in [-0.2, 0) is 9.59 Å². The van der Waals surface area contributed by atoms with Crippen molar-refractivity contribution in [2.75, 3.05) is 31.1 Å². The molecule has 1 aliphatic heterocycles. The number of thioether (sulfide) groups is 1. The number of carbonyl (C=O) groups is 2. The van der Waals surface area contributed by atoms with Crippen LogP contribution in [0.15, 0.2) is 0 Å². The lowest BCUT2D eigenvalue weighted by molar-refractivity contribution is -0.126. The van der Waals surface area contributed by atoms with E-state index in [1.54, 1.807) is 0 Å². The average molecular weight is 296 g/mol. The summed E-state index contributed by atoms with van der Waals surface area (Å²) in [5.74, 6) is 1.90. The van der Waals surface area contributed by atoms with E-state index >= 15 is 0 Å². The molecule has 0 radical (unpaired) electrons. The molecule has 1 saturated heterocycles. The van der Waals surface area contributed by atoms with Crippen LogP contribution in [0.1, 0.15) is 19.8 Å². The van der Waals surface area contributed by atoms with Gasteiger partial charge in [0.1, 0.15) is 0 Å². The molecule has 0 aliphatic carbocycles. The first-order valence-electron chi connectivity index (χ1n) is 6.07. The summed E-state index contributed by atoms with van der Waals surface area (Å²) in [5.41, 5.74) is 0. The first-order chi connectivity index (χ1) is 8.22. The van der Waals surface area contributed by atoms with Crippen LogP contribution in [0.2, 0.25) is 0 Å².